The molecule has 0 fully saturated rings. The van der Waals surface area contributed by atoms with Crippen LogP contribution in [0.1, 0.15) is 31.9 Å². The van der Waals surface area contributed by atoms with Gasteiger partial charge >= 0.3 is 0 Å². The molecule has 1 aromatic carbocycles. The lowest BCUT2D eigenvalue weighted by molar-refractivity contribution is 0.411. The van der Waals surface area contributed by atoms with E-state index in [-0.39, 0.29) is 0 Å². The van der Waals surface area contributed by atoms with Crippen LogP contribution in [-0.2, 0) is 6.42 Å². The second-order valence-electron chi connectivity index (χ2n) is 5.59. The van der Waals surface area contributed by atoms with Crippen LogP contribution in [0.15, 0.2) is 35.3 Å². The topological polar surface area (TPSA) is 12.4 Å². The fraction of sp³-hybridized carbons (Fsp3) is 0.400. The van der Waals surface area contributed by atoms with Gasteiger partial charge in [-0.3, -0.25) is 4.99 Å². The Morgan fingerprint density at radius 3 is 2.69 bits per heavy atom. The number of rotatable bonds is 2. The van der Waals surface area contributed by atoms with E-state index in [0.717, 1.165) is 13.0 Å². The molecule has 0 saturated heterocycles. The molecular formula is C15H19N. The molecule has 0 amide bonds. The lowest BCUT2D eigenvalue weighted by Gasteiger charge is -2.18. The zero-order chi connectivity index (χ0) is 11.6. The second-order valence-corrected chi connectivity index (χ2v) is 5.59. The summed E-state index contributed by atoms with van der Waals surface area (Å²) < 4.78 is 0. The van der Waals surface area contributed by atoms with E-state index >= 15 is 0 Å². The average Bonchev–Trinajstić information content (AvgIpc) is 2.68. The van der Waals surface area contributed by atoms with E-state index in [0.29, 0.717) is 5.41 Å². The molecule has 1 heteroatoms. The molecule has 1 aliphatic rings. The first-order valence-corrected chi connectivity index (χ1v) is 5.84. The van der Waals surface area contributed by atoms with Crippen LogP contribution in [-0.4, -0.2) is 12.8 Å². The molecule has 0 radical (unpaired) electrons. The maximum atomic E-state index is 4.23. The average molecular weight is 213 g/mol. The molecule has 0 aromatic heterocycles. The molecule has 1 aliphatic heterocycles. The fourth-order valence-corrected chi connectivity index (χ4v) is 2.02. The summed E-state index contributed by atoms with van der Waals surface area (Å²) in [7, 11) is 0. The molecule has 0 unspecified atom stereocenters. The lowest BCUT2D eigenvalue weighted by atomic mass is 9.87. The highest BCUT2D eigenvalue weighted by molar-refractivity contribution is 6.11. The van der Waals surface area contributed by atoms with Crippen molar-refractivity contribution >= 4 is 11.8 Å². The molecule has 0 spiro atoms. The minimum absolute atomic E-state index is 0.344. The Labute approximate surface area is 97.9 Å². The Bertz CT molecular complexity index is 433. The van der Waals surface area contributed by atoms with Gasteiger partial charge in [0.25, 0.3) is 0 Å². The molecule has 2 rings (SSSR count). The lowest BCUT2D eigenvalue weighted by Crippen LogP contribution is -2.09. The molecule has 1 aromatic rings. The molecule has 0 bridgehead atoms. The molecule has 84 valence electrons. The molecule has 0 saturated carbocycles. The fourth-order valence-electron chi connectivity index (χ4n) is 2.02. The Kier molecular flexibility index (Phi) is 2.95. The van der Waals surface area contributed by atoms with Crippen molar-refractivity contribution in [3.05, 3.63) is 41.5 Å². The Hall–Kier alpha value is -1.37. The van der Waals surface area contributed by atoms with E-state index in [1.54, 1.807) is 0 Å². The van der Waals surface area contributed by atoms with Gasteiger partial charge in [-0.25, -0.2) is 0 Å². The Balaban J connectivity index is 2.23. The van der Waals surface area contributed by atoms with Crippen molar-refractivity contribution in [1.29, 1.82) is 0 Å². The summed E-state index contributed by atoms with van der Waals surface area (Å²) >= 11 is 0. The van der Waals surface area contributed by atoms with Gasteiger partial charge in [0.2, 0.25) is 0 Å². The maximum Gasteiger partial charge on any atom is 0.0580 e. The van der Waals surface area contributed by atoms with E-state index in [1.807, 2.05) is 6.21 Å². The van der Waals surface area contributed by atoms with E-state index in [4.69, 9.17) is 0 Å². The number of hydrogen-bond donors (Lipinski definition) is 0. The number of hydrogen-bond acceptors (Lipinski definition) is 1. The quantitative estimate of drug-likeness (QED) is 0.709. The van der Waals surface area contributed by atoms with Gasteiger partial charge in [-0.2, -0.15) is 0 Å². The van der Waals surface area contributed by atoms with Gasteiger partial charge in [-0.05, 0) is 28.5 Å². The number of nitrogens with zero attached hydrogens (tertiary/aromatic N) is 1. The third-order valence-electron chi connectivity index (χ3n) is 2.64. The molecule has 0 aliphatic carbocycles. The highest BCUT2D eigenvalue weighted by Gasteiger charge is 2.12. The van der Waals surface area contributed by atoms with Crippen molar-refractivity contribution in [3.63, 3.8) is 0 Å². The van der Waals surface area contributed by atoms with E-state index in [1.165, 1.54) is 16.7 Å². The number of benzene rings is 1. The summed E-state index contributed by atoms with van der Waals surface area (Å²) in [5.41, 5.74) is 4.31. The first-order valence-electron chi connectivity index (χ1n) is 5.84. The molecular weight excluding hydrogens is 194 g/mol. The first-order chi connectivity index (χ1) is 7.54. The van der Waals surface area contributed by atoms with Gasteiger partial charge in [0.05, 0.1) is 6.54 Å². The molecule has 0 atom stereocenters. The molecule has 1 nitrogen and oxygen atoms in total. The SMILES string of the molecule is CC(C)(C)Cc1cccc(C2=CCN=C2)c1. The molecule has 0 N–H and O–H groups in total. The maximum absolute atomic E-state index is 4.23. The highest BCUT2D eigenvalue weighted by Crippen LogP contribution is 2.23. The zero-order valence-electron chi connectivity index (χ0n) is 10.3. The van der Waals surface area contributed by atoms with Crippen LogP contribution >= 0.6 is 0 Å². The minimum Gasteiger partial charge on any atom is -0.288 e. The monoisotopic (exact) mass is 213 g/mol. The molecule has 16 heavy (non-hydrogen) atoms. The number of allylic oxidation sites excluding steroid dienone is 1. The Morgan fingerprint density at radius 2 is 2.06 bits per heavy atom. The van der Waals surface area contributed by atoms with Gasteiger partial charge in [0, 0.05) is 6.21 Å². The highest BCUT2D eigenvalue weighted by atomic mass is 14.7. The van der Waals surface area contributed by atoms with Gasteiger partial charge in [0.1, 0.15) is 0 Å². The summed E-state index contributed by atoms with van der Waals surface area (Å²) in [6, 6.07) is 8.80. The second kappa shape index (κ2) is 4.25. The predicted octanol–water partition coefficient (Wildman–Crippen LogP) is 3.74. The number of aliphatic imine (C=N–C) groups is 1. The minimum atomic E-state index is 0.344. The van der Waals surface area contributed by atoms with E-state index < -0.39 is 0 Å². The van der Waals surface area contributed by atoms with Crippen molar-refractivity contribution in [2.24, 2.45) is 10.4 Å². The van der Waals surface area contributed by atoms with Crippen LogP contribution in [0.25, 0.3) is 5.57 Å². The van der Waals surface area contributed by atoms with E-state index in [9.17, 15) is 0 Å². The van der Waals surface area contributed by atoms with Gasteiger partial charge in [-0.15, -0.1) is 0 Å². The van der Waals surface area contributed by atoms with Crippen molar-refractivity contribution in [3.8, 4) is 0 Å². The summed E-state index contributed by atoms with van der Waals surface area (Å²) in [5, 5.41) is 0. The first kappa shape index (κ1) is 11.1. The summed E-state index contributed by atoms with van der Waals surface area (Å²) in [6.45, 7) is 7.65. The van der Waals surface area contributed by atoms with Crippen molar-refractivity contribution in [2.45, 2.75) is 27.2 Å². The summed E-state index contributed by atoms with van der Waals surface area (Å²) in [5.74, 6) is 0. The Morgan fingerprint density at radius 1 is 1.25 bits per heavy atom. The third kappa shape index (κ3) is 2.82. The van der Waals surface area contributed by atoms with Crippen LogP contribution in [0.2, 0.25) is 0 Å². The smallest absolute Gasteiger partial charge is 0.0580 e. The largest absolute Gasteiger partial charge is 0.288 e. The van der Waals surface area contributed by atoms with Crippen LogP contribution in [0.3, 0.4) is 0 Å². The summed E-state index contributed by atoms with van der Waals surface area (Å²) in [6.07, 6.45) is 5.26. The van der Waals surface area contributed by atoms with Crippen molar-refractivity contribution in [2.75, 3.05) is 6.54 Å². The van der Waals surface area contributed by atoms with Crippen LogP contribution in [0.5, 0.6) is 0 Å². The van der Waals surface area contributed by atoms with Crippen LogP contribution in [0.4, 0.5) is 0 Å². The van der Waals surface area contributed by atoms with Crippen LogP contribution in [0, 0.1) is 5.41 Å². The molecule has 1 heterocycles. The standard InChI is InChI=1S/C15H19N/c1-15(2,3)10-12-5-4-6-13(9-12)14-7-8-16-11-14/h4-7,9,11H,8,10H2,1-3H3. The van der Waals surface area contributed by atoms with Crippen molar-refractivity contribution in [1.82, 2.24) is 0 Å². The summed E-state index contributed by atoms with van der Waals surface area (Å²) in [4.78, 5) is 4.23. The predicted molar refractivity (Wildman–Crippen MR) is 70.9 cm³/mol. The third-order valence-corrected chi connectivity index (χ3v) is 2.64. The van der Waals surface area contributed by atoms with Crippen molar-refractivity contribution < 1.29 is 0 Å². The normalized spacial score (nSPS) is 15.3. The van der Waals surface area contributed by atoms with Gasteiger partial charge < -0.3 is 0 Å². The van der Waals surface area contributed by atoms with Gasteiger partial charge in [-0.1, -0.05) is 51.1 Å². The van der Waals surface area contributed by atoms with Crippen LogP contribution < -0.4 is 0 Å². The van der Waals surface area contributed by atoms with E-state index in [2.05, 4.69) is 56.1 Å². The van der Waals surface area contributed by atoms with Gasteiger partial charge in [0.15, 0.2) is 0 Å². The zero-order valence-corrected chi connectivity index (χ0v) is 10.3.